The second-order valence-electron chi connectivity index (χ2n) is 6.16. The van der Waals surface area contributed by atoms with E-state index in [1.165, 1.54) is 17.2 Å². The maximum absolute atomic E-state index is 12.8. The number of aromatic nitrogens is 2. The van der Waals surface area contributed by atoms with Crippen molar-refractivity contribution in [3.63, 3.8) is 0 Å². The molecule has 0 radical (unpaired) electrons. The van der Waals surface area contributed by atoms with E-state index in [1.54, 1.807) is 7.11 Å². The number of urea groups is 1. The Morgan fingerprint density at radius 1 is 1.45 bits per heavy atom. The third-order valence-corrected chi connectivity index (χ3v) is 4.90. The van der Waals surface area contributed by atoms with Crippen molar-refractivity contribution in [1.29, 1.82) is 5.26 Å². The molecule has 0 fully saturated rings. The maximum atomic E-state index is 12.8. The smallest absolute Gasteiger partial charge is 0.328 e. The highest BCUT2D eigenvalue weighted by atomic mass is 79.9. The molecule has 1 aliphatic heterocycles. The highest BCUT2D eigenvalue weighted by molar-refractivity contribution is 9.10. The summed E-state index contributed by atoms with van der Waals surface area (Å²) >= 11 is 3.32. The molecule has 0 saturated carbocycles. The summed E-state index contributed by atoms with van der Waals surface area (Å²) in [6.07, 6.45) is 3.50. The van der Waals surface area contributed by atoms with E-state index >= 15 is 0 Å². The number of aryl methyl sites for hydroxylation is 1. The lowest BCUT2D eigenvalue weighted by molar-refractivity contribution is 0.111. The van der Waals surface area contributed by atoms with Crippen LogP contribution in [0.3, 0.4) is 0 Å². The minimum atomic E-state index is -0.433. The van der Waals surface area contributed by atoms with E-state index in [-0.39, 0.29) is 23.7 Å². The number of nitrogens with zero attached hydrogens (tertiary/aromatic N) is 4. The van der Waals surface area contributed by atoms with Gasteiger partial charge in [0, 0.05) is 24.2 Å². The number of aldehydes is 1. The van der Waals surface area contributed by atoms with E-state index in [1.807, 2.05) is 12.1 Å². The molecule has 2 aromatic rings. The van der Waals surface area contributed by atoms with Crippen LogP contribution in [0.15, 0.2) is 22.8 Å². The van der Waals surface area contributed by atoms with Crippen LogP contribution in [0.5, 0.6) is 5.75 Å². The molecule has 29 heavy (non-hydrogen) atoms. The molecule has 1 N–H and O–H groups in total. The van der Waals surface area contributed by atoms with Gasteiger partial charge < -0.3 is 9.47 Å². The summed E-state index contributed by atoms with van der Waals surface area (Å²) in [5.41, 5.74) is 1.36. The molecule has 3 heterocycles. The molecule has 0 spiro atoms. The SMILES string of the molecule is COCCOc1cc(NC(=O)N2CCCc3cc(Br)c(C=O)nc32)ncc1C#N. The third kappa shape index (κ3) is 4.70. The second-order valence-corrected chi connectivity index (χ2v) is 7.01. The Labute approximate surface area is 175 Å². The zero-order valence-corrected chi connectivity index (χ0v) is 17.2. The van der Waals surface area contributed by atoms with E-state index in [0.717, 1.165) is 18.4 Å². The van der Waals surface area contributed by atoms with Crippen molar-refractivity contribution in [2.75, 3.05) is 37.1 Å². The molecule has 0 aromatic carbocycles. The first-order valence-electron chi connectivity index (χ1n) is 8.82. The summed E-state index contributed by atoms with van der Waals surface area (Å²) in [6, 6.07) is 4.87. The van der Waals surface area contributed by atoms with Gasteiger partial charge in [-0.2, -0.15) is 5.26 Å². The van der Waals surface area contributed by atoms with Gasteiger partial charge in [-0.3, -0.25) is 15.0 Å². The lowest BCUT2D eigenvalue weighted by Crippen LogP contribution is -2.39. The Kier molecular flexibility index (Phi) is 6.74. The zero-order chi connectivity index (χ0) is 20.8. The van der Waals surface area contributed by atoms with Crippen LogP contribution in [0.2, 0.25) is 0 Å². The van der Waals surface area contributed by atoms with E-state index < -0.39 is 6.03 Å². The molecule has 3 rings (SSSR count). The Morgan fingerprint density at radius 3 is 3.00 bits per heavy atom. The quantitative estimate of drug-likeness (QED) is 0.520. The molecule has 2 aromatic heterocycles. The first-order valence-corrected chi connectivity index (χ1v) is 9.61. The van der Waals surface area contributed by atoms with E-state index in [9.17, 15) is 14.9 Å². The molecule has 0 saturated heterocycles. The molecule has 10 heteroatoms. The lowest BCUT2D eigenvalue weighted by atomic mass is 10.1. The van der Waals surface area contributed by atoms with E-state index in [0.29, 0.717) is 35.5 Å². The Bertz CT molecular complexity index is 976. The van der Waals surface area contributed by atoms with Crippen molar-refractivity contribution < 1.29 is 19.1 Å². The molecule has 0 bridgehead atoms. The number of nitriles is 1. The normalized spacial score (nSPS) is 12.7. The standard InChI is InChI=1S/C19H18BrN5O4/c1-28-5-6-29-16-8-17(22-10-13(16)9-21)24-19(27)25-4-2-3-12-7-14(20)15(11-26)23-18(12)25/h7-8,10-11H,2-6H2,1H3,(H,22,24,27). The number of ether oxygens (including phenoxy) is 2. The van der Waals surface area contributed by atoms with Gasteiger partial charge in [-0.15, -0.1) is 0 Å². The predicted molar refractivity (Wildman–Crippen MR) is 108 cm³/mol. The summed E-state index contributed by atoms with van der Waals surface area (Å²) in [5, 5.41) is 11.9. The number of nitrogens with one attached hydrogen (secondary N) is 1. The van der Waals surface area contributed by atoms with E-state index in [2.05, 4.69) is 31.2 Å². The van der Waals surface area contributed by atoms with Gasteiger partial charge in [-0.1, -0.05) is 0 Å². The Balaban J connectivity index is 1.82. The number of halogens is 1. The molecular formula is C19H18BrN5O4. The Hall–Kier alpha value is -3.03. The molecule has 0 unspecified atom stereocenters. The number of pyridine rings is 2. The summed E-state index contributed by atoms with van der Waals surface area (Å²) < 4.78 is 11.1. The van der Waals surface area contributed by atoms with Crippen molar-refractivity contribution >= 4 is 39.9 Å². The fourth-order valence-corrected chi connectivity index (χ4v) is 3.34. The van der Waals surface area contributed by atoms with Gasteiger partial charge in [-0.25, -0.2) is 14.8 Å². The molecule has 2 amide bonds. The van der Waals surface area contributed by atoms with Crippen LogP contribution in [0, 0.1) is 11.3 Å². The van der Waals surface area contributed by atoms with Crippen molar-refractivity contribution in [2.24, 2.45) is 0 Å². The summed E-state index contributed by atoms with van der Waals surface area (Å²) in [5.74, 6) is 0.990. The molecule has 0 atom stereocenters. The number of fused-ring (bicyclic) bond motifs is 1. The van der Waals surface area contributed by atoms with Crippen LogP contribution in [-0.4, -0.2) is 49.2 Å². The van der Waals surface area contributed by atoms with Crippen LogP contribution >= 0.6 is 15.9 Å². The lowest BCUT2D eigenvalue weighted by Gasteiger charge is -2.28. The average Bonchev–Trinajstić information content (AvgIpc) is 2.73. The molecule has 150 valence electrons. The van der Waals surface area contributed by atoms with Crippen LogP contribution in [0.1, 0.15) is 28.0 Å². The monoisotopic (exact) mass is 459 g/mol. The van der Waals surface area contributed by atoms with Crippen molar-refractivity contribution in [1.82, 2.24) is 9.97 Å². The molecule has 9 nitrogen and oxygen atoms in total. The first-order chi connectivity index (χ1) is 14.1. The first kappa shape index (κ1) is 20.7. The molecule has 1 aliphatic rings. The van der Waals surface area contributed by atoms with Crippen LogP contribution < -0.4 is 15.0 Å². The highest BCUT2D eigenvalue weighted by Gasteiger charge is 2.26. The fraction of sp³-hybridized carbons (Fsp3) is 0.316. The van der Waals surface area contributed by atoms with Crippen LogP contribution in [0.4, 0.5) is 16.4 Å². The number of hydrogen-bond acceptors (Lipinski definition) is 7. The average molecular weight is 460 g/mol. The maximum Gasteiger partial charge on any atom is 0.328 e. The van der Waals surface area contributed by atoms with Crippen molar-refractivity contribution in [3.05, 3.63) is 39.6 Å². The number of anilines is 2. The minimum absolute atomic E-state index is 0.230. The number of hydrogen-bond donors (Lipinski definition) is 1. The third-order valence-electron chi connectivity index (χ3n) is 4.27. The van der Waals surface area contributed by atoms with Crippen LogP contribution in [0.25, 0.3) is 0 Å². The highest BCUT2D eigenvalue weighted by Crippen LogP contribution is 2.30. The molecular weight excluding hydrogens is 442 g/mol. The zero-order valence-electron chi connectivity index (χ0n) is 15.6. The number of carbonyl (C=O) groups excluding carboxylic acids is 2. The van der Waals surface area contributed by atoms with Gasteiger partial charge >= 0.3 is 6.03 Å². The summed E-state index contributed by atoms with van der Waals surface area (Å²) in [6.45, 7) is 1.08. The number of amides is 2. The predicted octanol–water partition coefficient (Wildman–Crippen LogP) is 2.93. The number of rotatable bonds is 6. The van der Waals surface area contributed by atoms with Crippen molar-refractivity contribution in [2.45, 2.75) is 12.8 Å². The molecule has 0 aliphatic carbocycles. The number of methoxy groups -OCH3 is 1. The largest absolute Gasteiger partial charge is 0.490 e. The van der Waals surface area contributed by atoms with Gasteiger partial charge in [0.2, 0.25) is 0 Å². The van der Waals surface area contributed by atoms with Gasteiger partial charge in [0.1, 0.15) is 41.3 Å². The second kappa shape index (κ2) is 9.45. The van der Waals surface area contributed by atoms with Gasteiger partial charge in [0.25, 0.3) is 0 Å². The Morgan fingerprint density at radius 2 is 2.28 bits per heavy atom. The van der Waals surface area contributed by atoms with Crippen molar-refractivity contribution in [3.8, 4) is 11.8 Å². The summed E-state index contributed by atoms with van der Waals surface area (Å²) in [7, 11) is 1.55. The van der Waals surface area contributed by atoms with Gasteiger partial charge in [0.15, 0.2) is 6.29 Å². The van der Waals surface area contributed by atoms with Crippen LogP contribution in [-0.2, 0) is 11.2 Å². The van der Waals surface area contributed by atoms with Gasteiger partial charge in [0.05, 0.1) is 12.8 Å². The fourth-order valence-electron chi connectivity index (χ4n) is 2.88. The number of carbonyl (C=O) groups is 2. The topological polar surface area (TPSA) is 117 Å². The van der Waals surface area contributed by atoms with Gasteiger partial charge in [-0.05, 0) is 40.4 Å². The summed E-state index contributed by atoms with van der Waals surface area (Å²) in [4.78, 5) is 34.0. The van der Waals surface area contributed by atoms with E-state index in [4.69, 9.17) is 9.47 Å². The minimum Gasteiger partial charge on any atom is -0.490 e.